The molecule has 0 saturated heterocycles. The Labute approximate surface area is 267 Å². The Hall–Kier alpha value is -6.37. The van der Waals surface area contributed by atoms with Crippen LogP contribution in [-0.2, 0) is 0 Å². The molecule has 0 atom stereocenters. The molecule has 0 fully saturated rings. The van der Waals surface area contributed by atoms with Gasteiger partial charge in [-0.15, -0.1) is 0 Å². The van der Waals surface area contributed by atoms with Crippen LogP contribution >= 0.6 is 0 Å². The summed E-state index contributed by atoms with van der Waals surface area (Å²) < 4.78 is 2.39. The van der Waals surface area contributed by atoms with Crippen molar-refractivity contribution in [2.75, 3.05) is 4.90 Å². The Balaban J connectivity index is 1.21. The largest absolute Gasteiger partial charge is 0.310 e. The lowest BCUT2D eigenvalue weighted by Gasteiger charge is -2.27. The molecule has 0 N–H and O–H groups in total. The second-order valence-corrected chi connectivity index (χ2v) is 11.7. The summed E-state index contributed by atoms with van der Waals surface area (Å²) in [7, 11) is 0. The molecule has 1 heterocycles. The van der Waals surface area contributed by atoms with E-state index in [4.69, 9.17) is 6.57 Å². The van der Waals surface area contributed by atoms with E-state index in [-0.39, 0.29) is 0 Å². The third kappa shape index (κ3) is 3.98. The molecule has 0 aliphatic heterocycles. The van der Waals surface area contributed by atoms with Crippen LogP contribution < -0.4 is 4.90 Å². The maximum absolute atomic E-state index is 7.44. The lowest BCUT2D eigenvalue weighted by Crippen LogP contribution is -2.10. The Kier molecular flexibility index (Phi) is 5.88. The molecule has 0 radical (unpaired) electrons. The second kappa shape index (κ2) is 10.4. The molecule has 1 aromatic heterocycles. The van der Waals surface area contributed by atoms with Gasteiger partial charge in [-0.3, -0.25) is 0 Å². The number of rotatable bonds is 5. The molecule has 3 heteroatoms. The van der Waals surface area contributed by atoms with Gasteiger partial charge >= 0.3 is 0 Å². The van der Waals surface area contributed by atoms with Crippen molar-refractivity contribution in [2.45, 2.75) is 0 Å². The van der Waals surface area contributed by atoms with E-state index in [2.05, 4.69) is 154 Å². The molecule has 0 aliphatic rings. The van der Waals surface area contributed by atoms with Crippen molar-refractivity contribution in [3.8, 4) is 16.8 Å². The van der Waals surface area contributed by atoms with Crippen LogP contribution in [0, 0.1) is 6.57 Å². The van der Waals surface area contributed by atoms with Gasteiger partial charge in [0.2, 0.25) is 0 Å². The van der Waals surface area contributed by atoms with Crippen molar-refractivity contribution in [3.05, 3.63) is 175 Å². The maximum Gasteiger partial charge on any atom is 0.187 e. The fraction of sp³-hybridized carbons (Fsp3) is 0. The molecule has 0 spiro atoms. The summed E-state index contributed by atoms with van der Waals surface area (Å²) in [6.07, 6.45) is 0. The van der Waals surface area contributed by atoms with Crippen LogP contribution in [0.5, 0.6) is 0 Å². The van der Waals surface area contributed by atoms with Gasteiger partial charge in [-0.2, -0.15) is 0 Å². The summed E-state index contributed by atoms with van der Waals surface area (Å²) in [5.41, 5.74) is 9.81. The quantitative estimate of drug-likeness (QED) is 0.145. The summed E-state index contributed by atoms with van der Waals surface area (Å²) >= 11 is 0. The molecule has 0 amide bonds. The summed E-state index contributed by atoms with van der Waals surface area (Å²) in [4.78, 5) is 5.90. The monoisotopic (exact) mass is 585 g/mol. The normalized spacial score (nSPS) is 11.5. The van der Waals surface area contributed by atoms with Gasteiger partial charge in [0, 0.05) is 33.2 Å². The van der Waals surface area contributed by atoms with E-state index in [0.717, 1.165) is 17.1 Å². The van der Waals surface area contributed by atoms with Gasteiger partial charge in [-0.25, -0.2) is 4.85 Å². The standard InChI is InChI=1S/C43H27N3/c1-44-32-20-24-35(25-21-32)45(39-15-7-10-29-9-5-6-14-37(29)39)34-22-17-30(18-23-34)36-27-28-41-43-38(36)26-19-31-11-8-16-40(42(31)43)46(41)33-12-3-2-4-13-33/h2-28H. The topological polar surface area (TPSA) is 12.5 Å². The van der Waals surface area contributed by atoms with Crippen LogP contribution in [0.15, 0.2) is 164 Å². The smallest absolute Gasteiger partial charge is 0.187 e. The summed E-state index contributed by atoms with van der Waals surface area (Å²) in [6.45, 7) is 7.44. The van der Waals surface area contributed by atoms with E-state index in [9.17, 15) is 0 Å². The molecule has 0 aliphatic carbocycles. The van der Waals surface area contributed by atoms with Crippen LogP contribution in [0.4, 0.5) is 22.7 Å². The summed E-state index contributed by atoms with van der Waals surface area (Å²) in [5, 5.41) is 7.48. The van der Waals surface area contributed by atoms with Gasteiger partial charge in [0.05, 0.1) is 23.3 Å². The van der Waals surface area contributed by atoms with Crippen molar-refractivity contribution >= 4 is 66.1 Å². The van der Waals surface area contributed by atoms with Gasteiger partial charge in [0.25, 0.3) is 0 Å². The Morgan fingerprint density at radius 2 is 1.15 bits per heavy atom. The molecule has 0 bridgehead atoms. The summed E-state index contributed by atoms with van der Waals surface area (Å²) in [5.74, 6) is 0. The molecule has 3 nitrogen and oxygen atoms in total. The molecule has 0 saturated carbocycles. The molecule has 9 rings (SSSR count). The Morgan fingerprint density at radius 3 is 1.96 bits per heavy atom. The molecular weight excluding hydrogens is 558 g/mol. The average molecular weight is 586 g/mol. The maximum atomic E-state index is 7.44. The highest BCUT2D eigenvalue weighted by Crippen LogP contribution is 2.44. The molecule has 8 aromatic carbocycles. The summed E-state index contributed by atoms with van der Waals surface area (Å²) in [6, 6.07) is 58.0. The predicted octanol–water partition coefficient (Wildman–Crippen LogP) is 12.2. The zero-order valence-electron chi connectivity index (χ0n) is 24.9. The van der Waals surface area contributed by atoms with Crippen molar-refractivity contribution in [2.24, 2.45) is 0 Å². The van der Waals surface area contributed by atoms with Crippen LogP contribution in [0.1, 0.15) is 0 Å². The van der Waals surface area contributed by atoms with E-state index >= 15 is 0 Å². The lowest BCUT2D eigenvalue weighted by molar-refractivity contribution is 1.18. The zero-order chi connectivity index (χ0) is 30.6. The number of anilines is 3. The van der Waals surface area contributed by atoms with E-state index < -0.39 is 0 Å². The lowest BCUT2D eigenvalue weighted by atomic mass is 9.94. The van der Waals surface area contributed by atoms with Crippen LogP contribution in [0.3, 0.4) is 0 Å². The Morgan fingerprint density at radius 1 is 0.478 bits per heavy atom. The zero-order valence-corrected chi connectivity index (χ0v) is 24.9. The highest BCUT2D eigenvalue weighted by Gasteiger charge is 2.20. The number of aromatic nitrogens is 1. The van der Waals surface area contributed by atoms with Crippen molar-refractivity contribution in [3.63, 3.8) is 0 Å². The number of para-hydroxylation sites is 1. The minimum atomic E-state index is 0.631. The van der Waals surface area contributed by atoms with Gasteiger partial charge in [-0.05, 0) is 81.9 Å². The first-order valence-electron chi connectivity index (χ1n) is 15.5. The van der Waals surface area contributed by atoms with E-state index in [1.54, 1.807) is 0 Å². The van der Waals surface area contributed by atoms with E-state index in [1.807, 2.05) is 24.3 Å². The first kappa shape index (κ1) is 26.1. The van der Waals surface area contributed by atoms with Gasteiger partial charge < -0.3 is 9.47 Å². The van der Waals surface area contributed by atoms with Gasteiger partial charge in [0.15, 0.2) is 5.69 Å². The number of hydrogen-bond acceptors (Lipinski definition) is 1. The third-order valence-electron chi connectivity index (χ3n) is 9.16. The number of hydrogen-bond donors (Lipinski definition) is 0. The molecule has 214 valence electrons. The first-order chi connectivity index (χ1) is 22.8. The van der Waals surface area contributed by atoms with Gasteiger partial charge in [-0.1, -0.05) is 109 Å². The van der Waals surface area contributed by atoms with Crippen molar-refractivity contribution in [1.29, 1.82) is 0 Å². The average Bonchev–Trinajstić information content (AvgIpc) is 3.47. The molecule has 0 unspecified atom stereocenters. The minimum Gasteiger partial charge on any atom is -0.310 e. The van der Waals surface area contributed by atoms with Crippen LogP contribution in [0.2, 0.25) is 0 Å². The van der Waals surface area contributed by atoms with E-state index in [0.29, 0.717) is 5.69 Å². The fourth-order valence-corrected chi connectivity index (χ4v) is 7.09. The van der Waals surface area contributed by atoms with Crippen LogP contribution in [-0.4, -0.2) is 4.57 Å². The SMILES string of the molecule is [C-]#[N+]c1ccc(N(c2ccc(-c3ccc4c5c3ccc3cccc(c35)n4-c3ccccc3)cc2)c2cccc3ccccc23)cc1. The second-order valence-electron chi connectivity index (χ2n) is 11.7. The number of nitrogens with zero attached hydrogens (tertiary/aromatic N) is 3. The van der Waals surface area contributed by atoms with Gasteiger partial charge in [0.1, 0.15) is 0 Å². The highest BCUT2D eigenvalue weighted by molar-refractivity contribution is 6.26. The predicted molar refractivity (Wildman–Crippen MR) is 193 cm³/mol. The van der Waals surface area contributed by atoms with Crippen molar-refractivity contribution < 1.29 is 0 Å². The van der Waals surface area contributed by atoms with E-state index in [1.165, 1.54) is 60.2 Å². The van der Waals surface area contributed by atoms with Crippen molar-refractivity contribution in [1.82, 2.24) is 4.57 Å². The molecular formula is C43H27N3. The Bertz CT molecular complexity index is 2570. The fourth-order valence-electron chi connectivity index (χ4n) is 7.09. The number of benzene rings is 8. The minimum absolute atomic E-state index is 0.631. The molecule has 9 aromatic rings. The third-order valence-corrected chi connectivity index (χ3v) is 9.16. The first-order valence-corrected chi connectivity index (χ1v) is 15.5. The van der Waals surface area contributed by atoms with Crippen LogP contribution in [0.25, 0.3) is 65.0 Å². The highest BCUT2D eigenvalue weighted by atomic mass is 15.1. The number of fused-ring (bicyclic) bond motifs is 1. The molecule has 46 heavy (non-hydrogen) atoms.